The lowest BCUT2D eigenvalue weighted by Crippen LogP contribution is -2.60. The van der Waals surface area contributed by atoms with Crippen LogP contribution >= 0.6 is 11.8 Å². The SMILES string of the molecule is Cc1cccc(C(=O)N2CC3(C[C@@H](OCc4ccccn4)CS3)C2)c1. The summed E-state index contributed by atoms with van der Waals surface area (Å²) >= 11 is 1.95. The molecule has 3 heterocycles. The Hall–Kier alpha value is -1.85. The van der Waals surface area contributed by atoms with Crippen molar-refractivity contribution in [3.05, 3.63) is 65.5 Å². The predicted molar refractivity (Wildman–Crippen MR) is 99.7 cm³/mol. The molecule has 0 saturated carbocycles. The molecule has 1 aromatic heterocycles. The van der Waals surface area contributed by atoms with Crippen LogP contribution in [0, 0.1) is 6.92 Å². The van der Waals surface area contributed by atoms with Gasteiger partial charge < -0.3 is 9.64 Å². The van der Waals surface area contributed by atoms with E-state index in [2.05, 4.69) is 4.98 Å². The summed E-state index contributed by atoms with van der Waals surface area (Å²) < 4.78 is 6.22. The molecule has 1 atom stereocenters. The molecule has 4 nitrogen and oxygen atoms in total. The third kappa shape index (κ3) is 3.58. The van der Waals surface area contributed by atoms with Crippen molar-refractivity contribution in [2.45, 2.75) is 30.8 Å². The minimum Gasteiger partial charge on any atom is -0.371 e. The minimum absolute atomic E-state index is 0.146. The number of pyridine rings is 1. The van der Waals surface area contributed by atoms with E-state index in [1.165, 1.54) is 0 Å². The molecule has 0 bridgehead atoms. The number of hydrogen-bond donors (Lipinski definition) is 0. The molecule has 1 aromatic carbocycles. The lowest BCUT2D eigenvalue weighted by molar-refractivity contribution is 0.0245. The standard InChI is InChI=1S/C20H22N2O2S/c1-15-5-4-6-16(9-15)19(23)22-13-20(14-22)10-18(12-25-20)24-11-17-7-2-3-8-21-17/h2-9,18H,10-14H2,1H3/t18-/m1/s1. The molecule has 0 radical (unpaired) electrons. The van der Waals surface area contributed by atoms with Gasteiger partial charge in [0.2, 0.25) is 0 Å². The Bertz CT molecular complexity index is 759. The van der Waals surface area contributed by atoms with Gasteiger partial charge in [0.25, 0.3) is 5.91 Å². The Labute approximate surface area is 152 Å². The van der Waals surface area contributed by atoms with E-state index in [1.54, 1.807) is 6.20 Å². The summed E-state index contributed by atoms with van der Waals surface area (Å²) in [5.41, 5.74) is 2.89. The molecule has 130 valence electrons. The monoisotopic (exact) mass is 354 g/mol. The zero-order valence-electron chi connectivity index (χ0n) is 14.4. The van der Waals surface area contributed by atoms with Crippen LogP contribution in [-0.2, 0) is 11.3 Å². The van der Waals surface area contributed by atoms with Gasteiger partial charge in [-0.2, -0.15) is 0 Å². The first kappa shape index (κ1) is 16.6. The molecule has 2 saturated heterocycles. The first-order valence-electron chi connectivity index (χ1n) is 8.65. The quantitative estimate of drug-likeness (QED) is 0.845. The highest BCUT2D eigenvalue weighted by atomic mass is 32.2. The molecule has 5 heteroatoms. The number of likely N-dealkylation sites (tertiary alicyclic amines) is 1. The van der Waals surface area contributed by atoms with E-state index in [-0.39, 0.29) is 16.8 Å². The number of carbonyl (C=O) groups excluding carboxylic acids is 1. The second-order valence-corrected chi connectivity index (χ2v) is 8.47. The van der Waals surface area contributed by atoms with Gasteiger partial charge in [0.1, 0.15) is 0 Å². The summed E-state index contributed by atoms with van der Waals surface area (Å²) in [6, 6.07) is 13.7. The number of ether oxygens (including phenoxy) is 1. The molecule has 1 spiro atoms. The van der Waals surface area contributed by atoms with Gasteiger partial charge in [-0.1, -0.05) is 23.8 Å². The van der Waals surface area contributed by atoms with Crippen LogP contribution in [0.25, 0.3) is 0 Å². The van der Waals surface area contributed by atoms with Gasteiger partial charge in [0.05, 0.1) is 23.2 Å². The summed E-state index contributed by atoms with van der Waals surface area (Å²) in [4.78, 5) is 18.9. The van der Waals surface area contributed by atoms with E-state index in [0.717, 1.165) is 42.1 Å². The summed E-state index contributed by atoms with van der Waals surface area (Å²) in [6.45, 7) is 4.24. The van der Waals surface area contributed by atoms with Crippen molar-refractivity contribution in [1.82, 2.24) is 9.88 Å². The van der Waals surface area contributed by atoms with Gasteiger partial charge in [-0.05, 0) is 37.6 Å². The van der Waals surface area contributed by atoms with Crippen LogP contribution < -0.4 is 0 Å². The number of rotatable bonds is 4. The molecule has 25 heavy (non-hydrogen) atoms. The molecule has 0 unspecified atom stereocenters. The van der Waals surface area contributed by atoms with Crippen molar-refractivity contribution in [2.24, 2.45) is 0 Å². The van der Waals surface area contributed by atoms with Crippen molar-refractivity contribution < 1.29 is 9.53 Å². The average molecular weight is 354 g/mol. The van der Waals surface area contributed by atoms with E-state index in [4.69, 9.17) is 4.74 Å². The van der Waals surface area contributed by atoms with Gasteiger partial charge in [0.15, 0.2) is 0 Å². The molecule has 0 N–H and O–H groups in total. The zero-order valence-corrected chi connectivity index (χ0v) is 15.2. The Balaban J connectivity index is 1.29. The number of carbonyl (C=O) groups is 1. The average Bonchev–Trinajstić information content (AvgIpc) is 3.04. The van der Waals surface area contributed by atoms with Crippen LogP contribution in [0.5, 0.6) is 0 Å². The third-order valence-electron chi connectivity index (χ3n) is 4.88. The third-order valence-corrected chi connectivity index (χ3v) is 6.45. The minimum atomic E-state index is 0.146. The normalized spacial score (nSPS) is 21.3. The topological polar surface area (TPSA) is 42.4 Å². The molecule has 2 aromatic rings. The van der Waals surface area contributed by atoms with Crippen LogP contribution in [0.4, 0.5) is 0 Å². The van der Waals surface area contributed by atoms with E-state index in [0.29, 0.717) is 6.61 Å². The highest BCUT2D eigenvalue weighted by Gasteiger charge is 2.50. The maximum atomic E-state index is 12.6. The Morgan fingerprint density at radius 1 is 1.32 bits per heavy atom. The molecule has 2 aliphatic rings. The highest BCUT2D eigenvalue weighted by molar-refractivity contribution is 8.01. The van der Waals surface area contributed by atoms with Crippen LogP contribution in [-0.4, -0.2) is 45.5 Å². The van der Waals surface area contributed by atoms with Gasteiger partial charge in [-0.3, -0.25) is 9.78 Å². The number of amides is 1. The Morgan fingerprint density at radius 3 is 2.96 bits per heavy atom. The maximum absolute atomic E-state index is 12.6. The molecule has 2 fully saturated rings. The second kappa shape index (κ2) is 6.81. The molecule has 2 aliphatic heterocycles. The highest BCUT2D eigenvalue weighted by Crippen LogP contribution is 2.46. The van der Waals surface area contributed by atoms with Crippen molar-refractivity contribution >= 4 is 17.7 Å². The largest absolute Gasteiger partial charge is 0.371 e. The summed E-state index contributed by atoms with van der Waals surface area (Å²) in [7, 11) is 0. The smallest absolute Gasteiger partial charge is 0.253 e. The van der Waals surface area contributed by atoms with E-state index in [9.17, 15) is 4.79 Å². The van der Waals surface area contributed by atoms with E-state index >= 15 is 0 Å². The van der Waals surface area contributed by atoms with Gasteiger partial charge >= 0.3 is 0 Å². The molecule has 0 aliphatic carbocycles. The lowest BCUT2D eigenvalue weighted by atomic mass is 9.92. The number of aryl methyl sites for hydroxylation is 1. The first-order chi connectivity index (χ1) is 12.1. The van der Waals surface area contributed by atoms with Crippen LogP contribution in [0.3, 0.4) is 0 Å². The summed E-state index contributed by atoms with van der Waals surface area (Å²) in [5.74, 6) is 1.15. The van der Waals surface area contributed by atoms with Crippen molar-refractivity contribution in [2.75, 3.05) is 18.8 Å². The van der Waals surface area contributed by atoms with Crippen molar-refractivity contribution in [3.8, 4) is 0 Å². The zero-order chi connectivity index (χ0) is 17.3. The fourth-order valence-electron chi connectivity index (χ4n) is 3.57. The van der Waals surface area contributed by atoms with Crippen molar-refractivity contribution in [3.63, 3.8) is 0 Å². The van der Waals surface area contributed by atoms with E-state index in [1.807, 2.05) is 66.1 Å². The summed E-state index contributed by atoms with van der Waals surface area (Å²) in [6.07, 6.45) is 3.06. The maximum Gasteiger partial charge on any atom is 0.253 e. The lowest BCUT2D eigenvalue weighted by Gasteiger charge is -2.47. The van der Waals surface area contributed by atoms with E-state index < -0.39 is 0 Å². The number of benzene rings is 1. The fourth-order valence-corrected chi connectivity index (χ4v) is 5.12. The second-order valence-electron chi connectivity index (χ2n) is 6.98. The first-order valence-corrected chi connectivity index (χ1v) is 9.64. The number of hydrogen-bond acceptors (Lipinski definition) is 4. The summed E-state index contributed by atoms with van der Waals surface area (Å²) in [5, 5.41) is 0. The number of aromatic nitrogens is 1. The molecular weight excluding hydrogens is 332 g/mol. The predicted octanol–water partition coefficient (Wildman–Crippen LogP) is 3.31. The number of thioether (sulfide) groups is 1. The van der Waals surface area contributed by atoms with Crippen LogP contribution in [0.2, 0.25) is 0 Å². The van der Waals surface area contributed by atoms with Gasteiger partial charge in [-0.25, -0.2) is 0 Å². The van der Waals surface area contributed by atoms with Gasteiger partial charge in [0, 0.05) is 30.6 Å². The Morgan fingerprint density at radius 2 is 2.20 bits per heavy atom. The van der Waals surface area contributed by atoms with Crippen LogP contribution in [0.1, 0.15) is 28.0 Å². The fraction of sp³-hybridized carbons (Fsp3) is 0.400. The van der Waals surface area contributed by atoms with Crippen molar-refractivity contribution in [1.29, 1.82) is 0 Å². The molecule has 1 amide bonds. The molecular formula is C20H22N2O2S. The van der Waals surface area contributed by atoms with Gasteiger partial charge in [-0.15, -0.1) is 11.8 Å². The Kier molecular flexibility index (Phi) is 4.52. The van der Waals surface area contributed by atoms with Crippen LogP contribution in [0.15, 0.2) is 48.7 Å². The number of nitrogens with zero attached hydrogens (tertiary/aromatic N) is 2. The molecule has 4 rings (SSSR count).